The molecule has 0 atom stereocenters. The Morgan fingerprint density at radius 3 is 2.83 bits per heavy atom. The minimum absolute atomic E-state index is 0.369. The summed E-state index contributed by atoms with van der Waals surface area (Å²) in [6.07, 6.45) is 0.261. The van der Waals surface area contributed by atoms with Gasteiger partial charge in [0, 0.05) is 24.3 Å². The molecule has 1 aliphatic carbocycles. The third-order valence-electron chi connectivity index (χ3n) is 2.67. The van der Waals surface area contributed by atoms with Gasteiger partial charge in [-0.05, 0) is 18.9 Å². The molecule has 1 saturated carbocycles. The van der Waals surface area contributed by atoms with Crippen molar-refractivity contribution in [2.24, 2.45) is 0 Å². The molecular formula is C12H15F3N2O. The highest BCUT2D eigenvalue weighted by Gasteiger charge is 2.27. The lowest BCUT2D eigenvalue weighted by molar-refractivity contribution is -0.139. The average molecular weight is 260 g/mol. The number of aromatic nitrogens is 1. The van der Waals surface area contributed by atoms with Gasteiger partial charge in [-0.15, -0.1) is 0 Å². The molecule has 2 rings (SSSR count). The minimum Gasteiger partial charge on any atom is -0.491 e. The average Bonchev–Trinajstić information content (AvgIpc) is 3.10. The maximum absolute atomic E-state index is 12.0. The first-order chi connectivity index (χ1) is 8.54. The Hall–Kier alpha value is -1.30. The van der Waals surface area contributed by atoms with Crippen LogP contribution >= 0.6 is 0 Å². The lowest BCUT2D eigenvalue weighted by Crippen LogP contribution is -2.17. The number of hydrogen-bond donors (Lipinski definition) is 1. The Kier molecular flexibility index (Phi) is 4.06. The second kappa shape index (κ2) is 5.56. The molecule has 0 amide bonds. The fraction of sp³-hybridized carbons (Fsp3) is 0.583. The normalized spacial score (nSPS) is 15.7. The van der Waals surface area contributed by atoms with Gasteiger partial charge in [0.2, 0.25) is 0 Å². The molecule has 18 heavy (non-hydrogen) atoms. The van der Waals surface area contributed by atoms with Gasteiger partial charge in [0.25, 0.3) is 0 Å². The van der Waals surface area contributed by atoms with E-state index in [1.54, 1.807) is 12.3 Å². The van der Waals surface area contributed by atoms with Gasteiger partial charge in [0.1, 0.15) is 5.75 Å². The largest absolute Gasteiger partial charge is 0.491 e. The minimum atomic E-state index is -4.19. The van der Waals surface area contributed by atoms with E-state index in [2.05, 4.69) is 10.3 Å². The van der Waals surface area contributed by atoms with Crippen molar-refractivity contribution in [3.05, 3.63) is 24.0 Å². The summed E-state index contributed by atoms with van der Waals surface area (Å²) in [5.41, 5.74) is 0.846. The van der Waals surface area contributed by atoms with Crippen molar-refractivity contribution in [1.82, 2.24) is 10.3 Å². The molecule has 0 aliphatic heterocycles. The van der Waals surface area contributed by atoms with Crippen molar-refractivity contribution in [2.45, 2.75) is 38.0 Å². The molecule has 100 valence electrons. The van der Waals surface area contributed by atoms with Crippen LogP contribution in [0.5, 0.6) is 5.75 Å². The monoisotopic (exact) mass is 260 g/mol. The van der Waals surface area contributed by atoms with Crippen molar-refractivity contribution >= 4 is 0 Å². The summed E-state index contributed by atoms with van der Waals surface area (Å²) in [6.45, 7) is 0.236. The van der Waals surface area contributed by atoms with Crippen molar-refractivity contribution in [1.29, 1.82) is 0 Å². The molecule has 1 aliphatic rings. The summed E-state index contributed by atoms with van der Waals surface area (Å²) in [5, 5.41) is 3.29. The molecule has 3 nitrogen and oxygen atoms in total. The summed E-state index contributed by atoms with van der Waals surface area (Å²) in [5.74, 6) is 0.426. The number of halogens is 3. The zero-order valence-electron chi connectivity index (χ0n) is 9.83. The van der Waals surface area contributed by atoms with Gasteiger partial charge in [-0.3, -0.25) is 4.98 Å². The molecule has 1 N–H and O–H groups in total. The summed E-state index contributed by atoms with van der Waals surface area (Å²) in [6, 6.07) is 2.30. The Labute approximate surface area is 103 Å². The summed E-state index contributed by atoms with van der Waals surface area (Å²) in [4.78, 5) is 3.87. The van der Waals surface area contributed by atoms with E-state index in [1.165, 1.54) is 6.20 Å². The van der Waals surface area contributed by atoms with Gasteiger partial charge < -0.3 is 10.1 Å². The van der Waals surface area contributed by atoms with Crippen molar-refractivity contribution in [2.75, 3.05) is 6.61 Å². The molecule has 1 aromatic heterocycles. The smallest absolute Gasteiger partial charge is 0.392 e. The van der Waals surface area contributed by atoms with Crippen molar-refractivity contribution in [3.63, 3.8) is 0 Å². The molecule has 0 aromatic carbocycles. The lowest BCUT2D eigenvalue weighted by atomic mass is 10.2. The number of rotatable bonds is 6. The van der Waals surface area contributed by atoms with Gasteiger partial charge >= 0.3 is 6.18 Å². The maximum atomic E-state index is 12.0. The summed E-state index contributed by atoms with van der Waals surface area (Å²) < 4.78 is 41.2. The Bertz CT molecular complexity index is 391. The highest BCUT2D eigenvalue weighted by Crippen LogP contribution is 2.23. The standard InChI is InChI=1S/C12H15F3N2O/c13-12(14,15)4-6-18-11-8-16-5-3-9(11)7-17-10-1-2-10/h3,5,8,10,17H,1-2,4,6-7H2. The second-order valence-electron chi connectivity index (χ2n) is 4.35. The van der Waals surface area contributed by atoms with Crippen LogP contribution in [0.1, 0.15) is 24.8 Å². The van der Waals surface area contributed by atoms with Gasteiger partial charge in [-0.2, -0.15) is 13.2 Å². The second-order valence-corrected chi connectivity index (χ2v) is 4.35. The lowest BCUT2D eigenvalue weighted by Gasteiger charge is -2.12. The van der Waals surface area contributed by atoms with Crippen LogP contribution in [0.25, 0.3) is 0 Å². The van der Waals surface area contributed by atoms with Crippen molar-refractivity contribution < 1.29 is 17.9 Å². The van der Waals surface area contributed by atoms with E-state index in [4.69, 9.17) is 4.74 Å². The van der Waals surface area contributed by atoms with E-state index >= 15 is 0 Å². The molecular weight excluding hydrogens is 245 g/mol. The van der Waals surface area contributed by atoms with Gasteiger partial charge in [0.05, 0.1) is 19.2 Å². The Balaban J connectivity index is 1.85. The first-order valence-electron chi connectivity index (χ1n) is 5.90. The van der Waals surface area contributed by atoms with Crippen LogP contribution in [0.3, 0.4) is 0 Å². The number of hydrogen-bond acceptors (Lipinski definition) is 3. The molecule has 0 unspecified atom stereocenters. The molecule has 0 spiro atoms. The van der Waals surface area contributed by atoms with E-state index < -0.39 is 12.6 Å². The van der Waals surface area contributed by atoms with E-state index in [9.17, 15) is 13.2 Å². The highest BCUT2D eigenvalue weighted by molar-refractivity contribution is 5.29. The Morgan fingerprint density at radius 2 is 2.17 bits per heavy atom. The topological polar surface area (TPSA) is 34.1 Å². The fourth-order valence-electron chi connectivity index (χ4n) is 1.50. The van der Waals surface area contributed by atoms with Crippen molar-refractivity contribution in [3.8, 4) is 5.75 Å². The van der Waals surface area contributed by atoms with Crippen LogP contribution in [0.2, 0.25) is 0 Å². The number of nitrogens with one attached hydrogen (secondary N) is 1. The predicted molar refractivity (Wildman–Crippen MR) is 60.3 cm³/mol. The SMILES string of the molecule is FC(F)(F)CCOc1cnccc1CNC1CC1. The third-order valence-corrected chi connectivity index (χ3v) is 2.67. The third kappa shape index (κ3) is 4.52. The summed E-state index contributed by atoms with van der Waals surface area (Å²) in [7, 11) is 0. The van der Waals surface area contributed by atoms with E-state index in [1.807, 2.05) is 0 Å². The quantitative estimate of drug-likeness (QED) is 0.853. The number of pyridine rings is 1. The number of alkyl halides is 3. The number of nitrogens with zero attached hydrogens (tertiary/aromatic N) is 1. The van der Waals surface area contributed by atoms with Crippen LogP contribution in [-0.2, 0) is 6.54 Å². The molecule has 1 aromatic rings. The molecule has 0 bridgehead atoms. The Morgan fingerprint density at radius 1 is 1.39 bits per heavy atom. The zero-order valence-corrected chi connectivity index (χ0v) is 9.83. The van der Waals surface area contributed by atoms with Crippen LogP contribution < -0.4 is 10.1 Å². The molecule has 6 heteroatoms. The van der Waals surface area contributed by atoms with Gasteiger partial charge in [-0.25, -0.2) is 0 Å². The molecule has 1 heterocycles. The zero-order chi connectivity index (χ0) is 13.0. The molecule has 1 fully saturated rings. The van der Waals surface area contributed by atoms with E-state index in [-0.39, 0.29) is 6.61 Å². The maximum Gasteiger partial charge on any atom is 0.392 e. The van der Waals surface area contributed by atoms with Gasteiger partial charge in [-0.1, -0.05) is 0 Å². The van der Waals surface area contributed by atoms with E-state index in [0.29, 0.717) is 18.3 Å². The van der Waals surface area contributed by atoms with Crippen LogP contribution in [0, 0.1) is 0 Å². The summed E-state index contributed by atoms with van der Waals surface area (Å²) >= 11 is 0. The van der Waals surface area contributed by atoms with Gasteiger partial charge in [0.15, 0.2) is 0 Å². The molecule has 0 radical (unpaired) electrons. The first-order valence-corrected chi connectivity index (χ1v) is 5.90. The number of ether oxygens (including phenoxy) is 1. The van der Waals surface area contributed by atoms with Crippen LogP contribution in [0.4, 0.5) is 13.2 Å². The highest BCUT2D eigenvalue weighted by atomic mass is 19.4. The molecule has 0 saturated heterocycles. The van der Waals surface area contributed by atoms with Crippen LogP contribution in [0.15, 0.2) is 18.5 Å². The van der Waals surface area contributed by atoms with E-state index in [0.717, 1.165) is 18.4 Å². The first kappa shape index (κ1) is 13.1. The predicted octanol–water partition coefficient (Wildman–Crippen LogP) is 2.66. The fourth-order valence-corrected chi connectivity index (χ4v) is 1.50. The van der Waals surface area contributed by atoms with Crippen LogP contribution in [-0.4, -0.2) is 23.8 Å².